The number of unbranched alkanes of at least 4 members (excludes halogenated alkanes) is 26. The number of ether oxygens (including phenoxy) is 1. The number of hydrogen-bond donors (Lipinski definition) is 3. The summed E-state index contributed by atoms with van der Waals surface area (Å²) in [5.41, 5.74) is 0. The smallest absolute Gasteiger partial charge is 0.463 e. The summed E-state index contributed by atoms with van der Waals surface area (Å²) in [5.74, 6) is -0.526. The Labute approximate surface area is 356 Å². The molecule has 1 amide bonds. The average molecular weight is 840 g/mol. The molecule has 0 aliphatic heterocycles. The van der Waals surface area contributed by atoms with Gasteiger partial charge < -0.3 is 20.1 Å². The molecule has 0 bridgehead atoms. The summed E-state index contributed by atoms with van der Waals surface area (Å²) in [7, 11) is -4.42. The average Bonchev–Trinajstić information content (AvgIpc) is 3.21. The van der Waals surface area contributed by atoms with Crippen LogP contribution in [0, 0.1) is 0 Å². The fraction of sp³-hybridized carbons (Fsp3) is 0.833. The first kappa shape index (κ1) is 56.2. The molecule has 58 heavy (non-hydrogen) atoms. The number of nitrogens with one attached hydrogen (secondary N) is 1. The van der Waals surface area contributed by atoms with Gasteiger partial charge in [0.2, 0.25) is 5.91 Å². The first-order valence-electron chi connectivity index (χ1n) is 24.0. The maximum atomic E-state index is 12.1. The lowest BCUT2D eigenvalue weighted by Gasteiger charge is -2.15. The number of aliphatic hydroxyl groups excluding tert-OH is 1. The van der Waals surface area contributed by atoms with Crippen LogP contribution in [0.3, 0.4) is 0 Å². The van der Waals surface area contributed by atoms with E-state index in [2.05, 4.69) is 55.6 Å². The lowest BCUT2D eigenvalue weighted by Crippen LogP contribution is -2.27. The zero-order valence-electron chi connectivity index (χ0n) is 37.5. The summed E-state index contributed by atoms with van der Waals surface area (Å²) >= 11 is 0. The van der Waals surface area contributed by atoms with E-state index in [1.807, 2.05) is 0 Å². The van der Waals surface area contributed by atoms with Crippen LogP contribution in [-0.4, -0.2) is 54.3 Å². The zero-order valence-corrected chi connectivity index (χ0v) is 38.4. The quantitative estimate of drug-likeness (QED) is 0.0239. The van der Waals surface area contributed by atoms with E-state index in [1.54, 1.807) is 0 Å². The molecule has 0 aromatic heterocycles. The maximum Gasteiger partial charge on any atom is 0.472 e. The number of rotatable bonds is 45. The first-order valence-corrected chi connectivity index (χ1v) is 25.5. The van der Waals surface area contributed by atoms with Crippen LogP contribution in [0.5, 0.6) is 0 Å². The van der Waals surface area contributed by atoms with E-state index in [9.17, 15) is 24.2 Å². The lowest BCUT2D eigenvalue weighted by atomic mass is 10.0. The highest BCUT2D eigenvalue weighted by atomic mass is 31.2. The molecule has 9 nitrogen and oxygen atoms in total. The van der Waals surface area contributed by atoms with Crippen LogP contribution in [0.1, 0.15) is 226 Å². The van der Waals surface area contributed by atoms with Gasteiger partial charge in [-0.2, -0.15) is 0 Å². The molecule has 0 saturated carbocycles. The Morgan fingerprint density at radius 1 is 0.534 bits per heavy atom. The van der Waals surface area contributed by atoms with E-state index in [4.69, 9.17) is 13.8 Å². The Hall–Kier alpha value is -1.77. The van der Waals surface area contributed by atoms with Crippen molar-refractivity contribution in [1.82, 2.24) is 5.32 Å². The van der Waals surface area contributed by atoms with Gasteiger partial charge in [0.25, 0.3) is 0 Å². The van der Waals surface area contributed by atoms with Crippen molar-refractivity contribution in [1.29, 1.82) is 0 Å². The molecule has 10 heteroatoms. The highest BCUT2D eigenvalue weighted by molar-refractivity contribution is 7.47. The SMILES string of the molecule is CCCCCC/C=C\C/C=C\CCCCCCCC(=O)NCCOP(=O)(O)OCC(O)COC(=O)CCCCCCCCCCCCC/C=C/CCCCCCCC. The molecule has 2 unspecified atom stereocenters. The second kappa shape index (κ2) is 44.8. The van der Waals surface area contributed by atoms with Crippen molar-refractivity contribution in [3.63, 3.8) is 0 Å². The number of allylic oxidation sites excluding steroid dienone is 6. The Bertz CT molecular complexity index is 1050. The molecule has 0 radical (unpaired) electrons. The van der Waals surface area contributed by atoms with Crippen LogP contribution in [0.25, 0.3) is 0 Å². The molecular formula is C48H90NO8P. The molecule has 0 saturated heterocycles. The van der Waals surface area contributed by atoms with Gasteiger partial charge in [0.05, 0.1) is 13.2 Å². The predicted molar refractivity (Wildman–Crippen MR) is 243 cm³/mol. The molecule has 2 atom stereocenters. The van der Waals surface area contributed by atoms with E-state index >= 15 is 0 Å². The second-order valence-electron chi connectivity index (χ2n) is 16.1. The van der Waals surface area contributed by atoms with Crippen LogP contribution in [0.4, 0.5) is 0 Å². The van der Waals surface area contributed by atoms with E-state index in [1.165, 1.54) is 135 Å². The van der Waals surface area contributed by atoms with E-state index in [0.29, 0.717) is 6.42 Å². The fourth-order valence-electron chi connectivity index (χ4n) is 6.64. The monoisotopic (exact) mass is 840 g/mol. The molecule has 0 aromatic carbocycles. The summed E-state index contributed by atoms with van der Waals surface area (Å²) in [6, 6.07) is 0. The van der Waals surface area contributed by atoms with Crippen LogP contribution in [0.2, 0.25) is 0 Å². The third-order valence-corrected chi connectivity index (χ3v) is 11.3. The standard InChI is InChI=1S/C48H90NO8P/c1-3-5-7-9-11-13-15-17-19-21-22-23-24-25-27-29-31-33-35-37-39-41-48(52)55-44-46(50)45-57-58(53,54)56-43-42-49-47(51)40-38-36-34-32-30-28-26-20-18-16-14-12-10-8-6-4-2/h14,16-17,19-20,26,46,50H,3-13,15,18,21-25,27-45H2,1-2H3,(H,49,51)(H,53,54)/b16-14-,19-17+,26-20-. The number of aliphatic hydroxyl groups is 1. The van der Waals surface area contributed by atoms with Gasteiger partial charge in [-0.25, -0.2) is 4.57 Å². The molecule has 0 aliphatic carbocycles. The van der Waals surface area contributed by atoms with Crippen molar-refractivity contribution in [3.05, 3.63) is 36.5 Å². The first-order chi connectivity index (χ1) is 28.3. The number of carbonyl (C=O) groups is 2. The van der Waals surface area contributed by atoms with Crippen molar-refractivity contribution in [2.24, 2.45) is 0 Å². The minimum Gasteiger partial charge on any atom is -0.463 e. The van der Waals surface area contributed by atoms with Crippen LogP contribution in [0.15, 0.2) is 36.5 Å². The number of carbonyl (C=O) groups excluding carboxylic acids is 2. The Kier molecular flexibility index (Phi) is 43.4. The molecule has 0 fully saturated rings. The lowest BCUT2D eigenvalue weighted by molar-refractivity contribution is -0.147. The highest BCUT2D eigenvalue weighted by Gasteiger charge is 2.23. The van der Waals surface area contributed by atoms with Crippen molar-refractivity contribution in [3.8, 4) is 0 Å². The number of amides is 1. The maximum absolute atomic E-state index is 12.1. The zero-order chi connectivity index (χ0) is 42.5. The number of phosphoric ester groups is 1. The molecule has 0 aromatic rings. The third kappa shape index (κ3) is 45.3. The van der Waals surface area contributed by atoms with Crippen LogP contribution in [-0.2, 0) is 27.9 Å². The molecule has 0 spiro atoms. The van der Waals surface area contributed by atoms with Crippen molar-refractivity contribution < 1.29 is 37.9 Å². The molecule has 0 rings (SSSR count). The van der Waals surface area contributed by atoms with Gasteiger partial charge >= 0.3 is 13.8 Å². The highest BCUT2D eigenvalue weighted by Crippen LogP contribution is 2.42. The van der Waals surface area contributed by atoms with Gasteiger partial charge in [-0.3, -0.25) is 18.6 Å². The van der Waals surface area contributed by atoms with Gasteiger partial charge in [-0.05, 0) is 70.6 Å². The van der Waals surface area contributed by atoms with Crippen molar-refractivity contribution in [2.45, 2.75) is 232 Å². The third-order valence-electron chi connectivity index (χ3n) is 10.3. The normalized spacial score (nSPS) is 13.5. The van der Waals surface area contributed by atoms with Crippen LogP contribution < -0.4 is 5.32 Å². The summed E-state index contributed by atoms with van der Waals surface area (Å²) < 4.78 is 26.9. The second-order valence-corrected chi connectivity index (χ2v) is 17.5. The summed E-state index contributed by atoms with van der Waals surface area (Å²) in [6.07, 6.45) is 50.8. The summed E-state index contributed by atoms with van der Waals surface area (Å²) in [6.45, 7) is 3.54. The van der Waals surface area contributed by atoms with E-state index < -0.39 is 26.5 Å². The molecule has 0 aliphatic rings. The predicted octanol–water partition coefficient (Wildman–Crippen LogP) is 13.7. The minimum absolute atomic E-state index is 0.0745. The van der Waals surface area contributed by atoms with Crippen molar-refractivity contribution in [2.75, 3.05) is 26.4 Å². The minimum atomic E-state index is -4.42. The number of hydrogen-bond acceptors (Lipinski definition) is 7. The Balaban J connectivity index is 3.58. The number of esters is 1. The Morgan fingerprint density at radius 2 is 0.931 bits per heavy atom. The van der Waals surface area contributed by atoms with Gasteiger partial charge in [0, 0.05) is 19.4 Å². The largest absolute Gasteiger partial charge is 0.472 e. The molecule has 0 heterocycles. The molecular weight excluding hydrogens is 750 g/mol. The summed E-state index contributed by atoms with van der Waals surface area (Å²) in [4.78, 5) is 34.0. The van der Waals surface area contributed by atoms with Gasteiger partial charge in [0.15, 0.2) is 0 Å². The fourth-order valence-corrected chi connectivity index (χ4v) is 7.40. The van der Waals surface area contributed by atoms with Gasteiger partial charge in [-0.15, -0.1) is 0 Å². The number of phosphoric acid groups is 1. The summed E-state index contributed by atoms with van der Waals surface area (Å²) in [5, 5.41) is 12.7. The Morgan fingerprint density at radius 3 is 1.41 bits per heavy atom. The van der Waals surface area contributed by atoms with E-state index in [0.717, 1.165) is 64.2 Å². The van der Waals surface area contributed by atoms with Crippen molar-refractivity contribution >= 4 is 19.7 Å². The van der Waals surface area contributed by atoms with Gasteiger partial charge in [0.1, 0.15) is 12.7 Å². The topological polar surface area (TPSA) is 131 Å². The molecule has 3 N–H and O–H groups in total. The van der Waals surface area contributed by atoms with Crippen LogP contribution >= 0.6 is 7.82 Å². The van der Waals surface area contributed by atoms with Gasteiger partial charge in [-0.1, -0.05) is 179 Å². The molecule has 340 valence electrons. The van der Waals surface area contributed by atoms with E-state index in [-0.39, 0.29) is 32.1 Å².